The summed E-state index contributed by atoms with van der Waals surface area (Å²) in [4.78, 5) is 3.13. The van der Waals surface area contributed by atoms with Gasteiger partial charge in [0, 0.05) is 7.11 Å². The van der Waals surface area contributed by atoms with E-state index in [9.17, 15) is 0 Å². The van der Waals surface area contributed by atoms with E-state index in [4.69, 9.17) is 28.6 Å². The Morgan fingerprint density at radius 3 is 2.82 bits per heavy atom. The standard InChI is InChI=1S/C12H15ClN2OS/c1-12(2,16-3)7-15-9-6-4-5-8(13)10(9)14-11(15)17/h4-6H,7H2,1-3H3,(H,14,17). The van der Waals surface area contributed by atoms with Gasteiger partial charge in [-0.2, -0.15) is 0 Å². The molecule has 0 saturated heterocycles. The van der Waals surface area contributed by atoms with Crippen LogP contribution in [0, 0.1) is 4.77 Å². The first-order valence-electron chi connectivity index (χ1n) is 5.37. The van der Waals surface area contributed by atoms with Gasteiger partial charge in [-0.05, 0) is 38.2 Å². The number of aromatic nitrogens is 2. The van der Waals surface area contributed by atoms with E-state index in [2.05, 4.69) is 4.98 Å². The maximum absolute atomic E-state index is 6.13. The molecule has 0 saturated carbocycles. The monoisotopic (exact) mass is 270 g/mol. The molecule has 1 aromatic heterocycles. The van der Waals surface area contributed by atoms with Gasteiger partial charge >= 0.3 is 0 Å². The largest absolute Gasteiger partial charge is 0.377 e. The predicted molar refractivity (Wildman–Crippen MR) is 73.2 cm³/mol. The fraction of sp³-hybridized carbons (Fsp3) is 0.417. The molecule has 0 aliphatic carbocycles. The summed E-state index contributed by atoms with van der Waals surface area (Å²) in [6.07, 6.45) is 0. The van der Waals surface area contributed by atoms with Gasteiger partial charge in [0.15, 0.2) is 4.77 Å². The second-order valence-corrected chi connectivity index (χ2v) is 5.41. The van der Waals surface area contributed by atoms with Crippen LogP contribution in [0.1, 0.15) is 13.8 Å². The SMILES string of the molecule is COC(C)(C)Cn1c(=S)[nH]c2c(Cl)cccc21. The number of H-pyrrole nitrogens is 1. The summed E-state index contributed by atoms with van der Waals surface area (Å²) in [6.45, 7) is 4.74. The minimum atomic E-state index is -0.268. The van der Waals surface area contributed by atoms with E-state index in [1.54, 1.807) is 7.11 Å². The van der Waals surface area contributed by atoms with Gasteiger partial charge in [0.05, 0.1) is 28.2 Å². The lowest BCUT2D eigenvalue weighted by atomic mass is 10.1. The van der Waals surface area contributed by atoms with Crippen LogP contribution < -0.4 is 0 Å². The minimum absolute atomic E-state index is 0.268. The maximum Gasteiger partial charge on any atom is 0.178 e. The Kier molecular flexibility index (Phi) is 3.30. The van der Waals surface area contributed by atoms with Crippen molar-refractivity contribution < 1.29 is 4.74 Å². The van der Waals surface area contributed by atoms with Gasteiger partial charge in [-0.3, -0.25) is 0 Å². The van der Waals surface area contributed by atoms with Crippen LogP contribution in [-0.2, 0) is 11.3 Å². The number of rotatable bonds is 3. The molecule has 0 spiro atoms. The zero-order valence-corrected chi connectivity index (χ0v) is 11.7. The van der Waals surface area contributed by atoms with E-state index in [-0.39, 0.29) is 5.60 Å². The molecule has 2 rings (SSSR count). The summed E-state index contributed by atoms with van der Waals surface area (Å²) in [5, 5.41) is 0.683. The smallest absolute Gasteiger partial charge is 0.178 e. The topological polar surface area (TPSA) is 29.9 Å². The van der Waals surface area contributed by atoms with Crippen LogP contribution in [0.25, 0.3) is 11.0 Å². The fourth-order valence-electron chi connectivity index (χ4n) is 1.75. The van der Waals surface area contributed by atoms with E-state index in [1.165, 1.54) is 0 Å². The van der Waals surface area contributed by atoms with Crippen molar-refractivity contribution in [1.82, 2.24) is 9.55 Å². The Morgan fingerprint density at radius 2 is 2.18 bits per heavy atom. The van der Waals surface area contributed by atoms with Gasteiger partial charge in [-0.1, -0.05) is 17.7 Å². The number of para-hydroxylation sites is 1. The molecular formula is C12H15ClN2OS. The van der Waals surface area contributed by atoms with E-state index >= 15 is 0 Å². The van der Waals surface area contributed by atoms with E-state index in [1.807, 2.05) is 36.6 Å². The van der Waals surface area contributed by atoms with Gasteiger partial charge in [-0.15, -0.1) is 0 Å². The maximum atomic E-state index is 6.13. The number of hydrogen-bond acceptors (Lipinski definition) is 2. The molecule has 5 heteroatoms. The van der Waals surface area contributed by atoms with Gasteiger partial charge in [-0.25, -0.2) is 0 Å². The molecule has 0 fully saturated rings. The Labute approximate surface area is 110 Å². The quantitative estimate of drug-likeness (QED) is 0.861. The number of halogens is 1. The van der Waals surface area contributed by atoms with Crippen LogP contribution >= 0.6 is 23.8 Å². The third-order valence-corrected chi connectivity index (χ3v) is 3.49. The average Bonchev–Trinajstić information content (AvgIpc) is 2.58. The van der Waals surface area contributed by atoms with Crippen molar-refractivity contribution in [2.75, 3.05) is 7.11 Å². The average molecular weight is 271 g/mol. The first kappa shape index (κ1) is 12.6. The van der Waals surface area contributed by atoms with Crippen molar-refractivity contribution in [1.29, 1.82) is 0 Å². The lowest BCUT2D eigenvalue weighted by Crippen LogP contribution is -2.29. The van der Waals surface area contributed by atoms with Crippen molar-refractivity contribution in [2.45, 2.75) is 26.0 Å². The highest BCUT2D eigenvalue weighted by atomic mass is 35.5. The first-order valence-corrected chi connectivity index (χ1v) is 6.15. The second kappa shape index (κ2) is 4.44. The van der Waals surface area contributed by atoms with Crippen LogP contribution in [0.5, 0.6) is 0 Å². The van der Waals surface area contributed by atoms with E-state index in [0.29, 0.717) is 16.3 Å². The number of ether oxygens (including phenoxy) is 1. The number of methoxy groups -OCH3 is 1. The van der Waals surface area contributed by atoms with E-state index in [0.717, 1.165) is 11.0 Å². The molecule has 3 nitrogen and oxygen atoms in total. The van der Waals surface area contributed by atoms with Crippen molar-refractivity contribution in [3.05, 3.63) is 28.0 Å². The predicted octanol–water partition coefficient (Wildman–Crippen LogP) is 3.78. The van der Waals surface area contributed by atoms with Crippen LogP contribution in [0.3, 0.4) is 0 Å². The Morgan fingerprint density at radius 1 is 1.47 bits per heavy atom. The van der Waals surface area contributed by atoms with Gasteiger partial charge in [0.1, 0.15) is 0 Å². The molecule has 0 radical (unpaired) electrons. The summed E-state index contributed by atoms with van der Waals surface area (Å²) in [7, 11) is 1.70. The Balaban J connectivity index is 2.58. The lowest BCUT2D eigenvalue weighted by Gasteiger charge is -2.23. The van der Waals surface area contributed by atoms with E-state index < -0.39 is 0 Å². The third-order valence-electron chi connectivity index (χ3n) is 2.85. The highest BCUT2D eigenvalue weighted by Crippen LogP contribution is 2.24. The van der Waals surface area contributed by atoms with Crippen LogP contribution in [0.15, 0.2) is 18.2 Å². The number of benzene rings is 1. The molecule has 0 amide bonds. The van der Waals surface area contributed by atoms with Gasteiger partial charge in [0.25, 0.3) is 0 Å². The zero-order valence-electron chi connectivity index (χ0n) is 10.1. The Bertz CT molecular complexity index is 600. The number of nitrogens with one attached hydrogen (secondary N) is 1. The second-order valence-electron chi connectivity index (χ2n) is 4.61. The third kappa shape index (κ3) is 2.39. The number of fused-ring (bicyclic) bond motifs is 1. The van der Waals surface area contributed by atoms with Crippen LogP contribution in [-0.4, -0.2) is 22.3 Å². The molecule has 92 valence electrons. The summed E-state index contributed by atoms with van der Waals surface area (Å²) in [6, 6.07) is 5.77. The van der Waals surface area contributed by atoms with Gasteiger partial charge < -0.3 is 14.3 Å². The Hall–Kier alpha value is -0.840. The molecule has 2 aromatic rings. The van der Waals surface area contributed by atoms with Crippen LogP contribution in [0.4, 0.5) is 0 Å². The van der Waals surface area contributed by atoms with Gasteiger partial charge in [0.2, 0.25) is 0 Å². The molecule has 0 bridgehead atoms. The number of aromatic amines is 1. The summed E-state index contributed by atoms with van der Waals surface area (Å²) in [5.74, 6) is 0. The highest BCUT2D eigenvalue weighted by molar-refractivity contribution is 7.71. The first-order chi connectivity index (χ1) is 7.94. The number of nitrogens with zero attached hydrogens (tertiary/aromatic N) is 1. The summed E-state index contributed by atoms with van der Waals surface area (Å²) in [5.41, 5.74) is 1.62. The van der Waals surface area contributed by atoms with Crippen molar-refractivity contribution >= 4 is 34.9 Å². The summed E-state index contributed by atoms with van der Waals surface area (Å²) >= 11 is 11.4. The normalized spacial score (nSPS) is 12.2. The van der Waals surface area contributed by atoms with Crippen molar-refractivity contribution in [3.8, 4) is 0 Å². The fourth-order valence-corrected chi connectivity index (χ4v) is 2.23. The molecule has 1 N–H and O–H groups in total. The highest BCUT2D eigenvalue weighted by Gasteiger charge is 2.19. The molecular weight excluding hydrogens is 256 g/mol. The zero-order chi connectivity index (χ0) is 12.6. The number of hydrogen-bond donors (Lipinski definition) is 1. The van der Waals surface area contributed by atoms with Crippen molar-refractivity contribution in [2.24, 2.45) is 0 Å². The molecule has 0 aliphatic heterocycles. The summed E-state index contributed by atoms with van der Waals surface area (Å²) < 4.78 is 8.11. The van der Waals surface area contributed by atoms with Crippen LogP contribution in [0.2, 0.25) is 5.02 Å². The lowest BCUT2D eigenvalue weighted by molar-refractivity contribution is 0.00873. The molecule has 0 atom stereocenters. The van der Waals surface area contributed by atoms with Crippen molar-refractivity contribution in [3.63, 3.8) is 0 Å². The minimum Gasteiger partial charge on any atom is -0.377 e. The molecule has 0 unspecified atom stereocenters. The molecule has 0 aliphatic rings. The number of imidazole rings is 1. The molecule has 1 heterocycles. The molecule has 1 aromatic carbocycles. The molecule has 17 heavy (non-hydrogen) atoms.